The van der Waals surface area contributed by atoms with Crippen LogP contribution in [0.3, 0.4) is 0 Å². The van der Waals surface area contributed by atoms with E-state index in [9.17, 15) is 0 Å². The first-order valence-corrected chi connectivity index (χ1v) is 6.11. The lowest BCUT2D eigenvalue weighted by molar-refractivity contribution is 0.234. The maximum absolute atomic E-state index is 9.13. The van der Waals surface area contributed by atoms with E-state index in [4.69, 9.17) is 11.0 Å². The van der Waals surface area contributed by atoms with Gasteiger partial charge in [-0.05, 0) is 38.3 Å². The van der Waals surface area contributed by atoms with Crippen LogP contribution in [0.15, 0.2) is 36.1 Å². The van der Waals surface area contributed by atoms with Crippen molar-refractivity contribution in [2.24, 2.45) is 11.7 Å². The fourth-order valence-electron chi connectivity index (χ4n) is 2.22. The normalized spacial score (nSPS) is 19.0. The van der Waals surface area contributed by atoms with Crippen LogP contribution >= 0.6 is 0 Å². The molecule has 0 spiro atoms. The summed E-state index contributed by atoms with van der Waals surface area (Å²) in [6.07, 6.45) is 7.65. The molecule has 2 N–H and O–H groups in total. The summed E-state index contributed by atoms with van der Waals surface area (Å²) in [5.74, 6) is 0.637. The molecule has 0 atom stereocenters. The summed E-state index contributed by atoms with van der Waals surface area (Å²) >= 11 is 0. The molecule has 1 heterocycles. The van der Waals surface area contributed by atoms with Crippen LogP contribution in [-0.4, -0.2) is 24.5 Å². The van der Waals surface area contributed by atoms with Crippen LogP contribution in [0, 0.1) is 17.2 Å². The molecule has 1 saturated heterocycles. The van der Waals surface area contributed by atoms with Gasteiger partial charge in [-0.1, -0.05) is 18.7 Å². The minimum absolute atomic E-state index is 0.637. The molecule has 0 saturated carbocycles. The van der Waals surface area contributed by atoms with E-state index in [0.29, 0.717) is 11.5 Å². The van der Waals surface area contributed by atoms with E-state index in [1.807, 2.05) is 13.0 Å². The standard InChI is InChI=1S/C14H21N3/c1-3-5-13(11-16)14(4-2)17-8-6-12(10-15)7-9-17/h3-5,12H,1,6-10,15H2,2H3/b13-5-,14-4+. The molecular formula is C14H21N3. The number of nitriles is 1. The van der Waals surface area contributed by atoms with Crippen molar-refractivity contribution in [3.63, 3.8) is 0 Å². The summed E-state index contributed by atoms with van der Waals surface area (Å²) in [4.78, 5) is 2.27. The first kappa shape index (κ1) is 13.5. The minimum Gasteiger partial charge on any atom is -0.371 e. The van der Waals surface area contributed by atoms with Gasteiger partial charge in [0, 0.05) is 13.1 Å². The molecule has 0 aromatic heterocycles. The Morgan fingerprint density at radius 1 is 1.53 bits per heavy atom. The molecular weight excluding hydrogens is 210 g/mol. The fraction of sp³-hybridized carbons (Fsp3) is 0.500. The Morgan fingerprint density at radius 2 is 2.18 bits per heavy atom. The van der Waals surface area contributed by atoms with Crippen LogP contribution in [0.1, 0.15) is 19.8 Å². The van der Waals surface area contributed by atoms with Crippen molar-refractivity contribution in [2.75, 3.05) is 19.6 Å². The average Bonchev–Trinajstić information content (AvgIpc) is 2.39. The van der Waals surface area contributed by atoms with Gasteiger partial charge in [-0.3, -0.25) is 0 Å². The smallest absolute Gasteiger partial charge is 0.101 e. The SMILES string of the molecule is C=C/C=C(C#N)\C(=C/C)N1CCC(CN)CC1. The maximum Gasteiger partial charge on any atom is 0.101 e. The first-order chi connectivity index (χ1) is 8.26. The number of hydrogen-bond donors (Lipinski definition) is 1. The zero-order valence-corrected chi connectivity index (χ0v) is 10.5. The van der Waals surface area contributed by atoms with E-state index in [2.05, 4.69) is 17.5 Å². The molecule has 0 amide bonds. The molecule has 17 heavy (non-hydrogen) atoms. The van der Waals surface area contributed by atoms with E-state index in [0.717, 1.165) is 38.2 Å². The molecule has 1 fully saturated rings. The summed E-state index contributed by atoms with van der Waals surface area (Å²) in [5, 5.41) is 9.13. The van der Waals surface area contributed by atoms with Gasteiger partial charge in [0.1, 0.15) is 6.07 Å². The molecule has 1 rings (SSSR count). The summed E-state index contributed by atoms with van der Waals surface area (Å²) in [6, 6.07) is 2.23. The third-order valence-corrected chi connectivity index (χ3v) is 3.24. The predicted molar refractivity (Wildman–Crippen MR) is 71.0 cm³/mol. The molecule has 0 bridgehead atoms. The van der Waals surface area contributed by atoms with Gasteiger partial charge in [-0.2, -0.15) is 5.26 Å². The monoisotopic (exact) mass is 231 g/mol. The van der Waals surface area contributed by atoms with Crippen molar-refractivity contribution in [2.45, 2.75) is 19.8 Å². The van der Waals surface area contributed by atoms with Crippen molar-refractivity contribution in [3.05, 3.63) is 36.1 Å². The fourth-order valence-corrected chi connectivity index (χ4v) is 2.22. The van der Waals surface area contributed by atoms with E-state index in [1.165, 1.54) is 0 Å². The molecule has 1 aliphatic heterocycles. The van der Waals surface area contributed by atoms with Crippen molar-refractivity contribution in [1.82, 2.24) is 4.90 Å². The van der Waals surface area contributed by atoms with Crippen molar-refractivity contribution >= 4 is 0 Å². The number of piperidine rings is 1. The van der Waals surface area contributed by atoms with Gasteiger partial charge in [0.2, 0.25) is 0 Å². The van der Waals surface area contributed by atoms with Gasteiger partial charge in [-0.25, -0.2) is 0 Å². The van der Waals surface area contributed by atoms with E-state index in [-0.39, 0.29) is 0 Å². The predicted octanol–water partition coefficient (Wildman–Crippen LogP) is 2.20. The molecule has 3 heteroatoms. The lowest BCUT2D eigenvalue weighted by Gasteiger charge is -2.34. The quantitative estimate of drug-likeness (QED) is 0.596. The van der Waals surface area contributed by atoms with Crippen molar-refractivity contribution in [1.29, 1.82) is 5.26 Å². The number of hydrogen-bond acceptors (Lipinski definition) is 3. The van der Waals surface area contributed by atoms with Crippen molar-refractivity contribution in [3.8, 4) is 6.07 Å². The number of likely N-dealkylation sites (tertiary alicyclic amines) is 1. The average molecular weight is 231 g/mol. The molecule has 0 aromatic carbocycles. The minimum atomic E-state index is 0.637. The highest BCUT2D eigenvalue weighted by atomic mass is 15.1. The Labute approximate surface area is 104 Å². The van der Waals surface area contributed by atoms with Crippen LogP contribution in [0.25, 0.3) is 0 Å². The van der Waals surface area contributed by atoms with E-state index >= 15 is 0 Å². The van der Waals surface area contributed by atoms with Gasteiger partial charge >= 0.3 is 0 Å². The third kappa shape index (κ3) is 3.47. The number of nitrogens with zero attached hydrogens (tertiary/aromatic N) is 2. The second-order valence-electron chi connectivity index (χ2n) is 4.27. The third-order valence-electron chi connectivity index (χ3n) is 3.24. The largest absolute Gasteiger partial charge is 0.371 e. The van der Waals surface area contributed by atoms with Crippen LogP contribution in [-0.2, 0) is 0 Å². The van der Waals surface area contributed by atoms with Gasteiger partial charge in [0.15, 0.2) is 0 Å². The summed E-state index contributed by atoms with van der Waals surface area (Å²) in [7, 11) is 0. The Morgan fingerprint density at radius 3 is 2.59 bits per heavy atom. The summed E-state index contributed by atoms with van der Waals surface area (Å²) < 4.78 is 0. The molecule has 0 radical (unpaired) electrons. The van der Waals surface area contributed by atoms with E-state index in [1.54, 1.807) is 12.2 Å². The van der Waals surface area contributed by atoms with Crippen LogP contribution in [0.4, 0.5) is 0 Å². The van der Waals surface area contributed by atoms with Gasteiger partial charge in [0.25, 0.3) is 0 Å². The zero-order valence-electron chi connectivity index (χ0n) is 10.5. The van der Waals surface area contributed by atoms with Crippen LogP contribution in [0.2, 0.25) is 0 Å². The number of allylic oxidation sites excluding steroid dienone is 4. The van der Waals surface area contributed by atoms with Crippen LogP contribution < -0.4 is 5.73 Å². The van der Waals surface area contributed by atoms with E-state index < -0.39 is 0 Å². The van der Waals surface area contributed by atoms with Crippen LogP contribution in [0.5, 0.6) is 0 Å². The van der Waals surface area contributed by atoms with Gasteiger partial charge in [-0.15, -0.1) is 0 Å². The lowest BCUT2D eigenvalue weighted by atomic mass is 9.96. The molecule has 1 aliphatic rings. The highest BCUT2D eigenvalue weighted by Crippen LogP contribution is 2.23. The molecule has 92 valence electrons. The maximum atomic E-state index is 9.13. The molecule has 3 nitrogen and oxygen atoms in total. The number of nitrogens with two attached hydrogens (primary N) is 1. The van der Waals surface area contributed by atoms with Gasteiger partial charge < -0.3 is 10.6 Å². The first-order valence-electron chi connectivity index (χ1n) is 6.11. The highest BCUT2D eigenvalue weighted by molar-refractivity contribution is 5.42. The Hall–Kier alpha value is -1.53. The molecule has 0 unspecified atom stereocenters. The Bertz CT molecular complexity index is 352. The molecule has 0 aliphatic carbocycles. The van der Waals surface area contributed by atoms with Crippen molar-refractivity contribution < 1.29 is 0 Å². The Kier molecular flexibility index (Phi) is 5.51. The summed E-state index contributed by atoms with van der Waals surface area (Å²) in [6.45, 7) is 8.35. The summed E-state index contributed by atoms with van der Waals surface area (Å²) in [5.41, 5.74) is 7.39. The zero-order chi connectivity index (χ0) is 12.7. The number of rotatable bonds is 4. The second kappa shape index (κ2) is 6.93. The molecule has 0 aromatic rings. The second-order valence-corrected chi connectivity index (χ2v) is 4.27. The lowest BCUT2D eigenvalue weighted by Crippen LogP contribution is -2.35. The highest BCUT2D eigenvalue weighted by Gasteiger charge is 2.20. The topological polar surface area (TPSA) is 53.0 Å². The van der Waals surface area contributed by atoms with Gasteiger partial charge in [0.05, 0.1) is 11.3 Å². The Balaban J connectivity index is 2.74.